The quantitative estimate of drug-likeness (QED) is 0.699. The minimum absolute atomic E-state index is 0.533. The van der Waals surface area contributed by atoms with Crippen LogP contribution in [0.2, 0.25) is 0 Å². The molecule has 0 heterocycles. The topological polar surface area (TPSA) is 3.24 Å². The van der Waals surface area contributed by atoms with Crippen molar-refractivity contribution in [2.24, 2.45) is 0 Å². The van der Waals surface area contributed by atoms with Gasteiger partial charge in [0, 0.05) is 24.3 Å². The third kappa shape index (κ3) is 4.19. The second kappa shape index (κ2) is 7.61. The number of benzene rings is 2. The molecule has 0 saturated carbocycles. The number of nitrogens with zero attached hydrogens (tertiary/aromatic N) is 1. The van der Waals surface area contributed by atoms with Crippen LogP contribution in [-0.2, 0) is 6.54 Å². The molecular formula is C18H22BrN. The SMILES string of the molecule is Cc1ccccc1CN(C)CC(CBr)c1ccccc1. The van der Waals surface area contributed by atoms with Crippen LogP contribution in [0.5, 0.6) is 0 Å². The van der Waals surface area contributed by atoms with Crippen molar-refractivity contribution >= 4 is 15.9 Å². The number of hydrogen-bond donors (Lipinski definition) is 0. The molecule has 2 heteroatoms. The molecule has 0 radical (unpaired) electrons. The lowest BCUT2D eigenvalue weighted by molar-refractivity contribution is 0.311. The van der Waals surface area contributed by atoms with E-state index in [0.717, 1.165) is 18.4 Å². The molecule has 2 aromatic rings. The van der Waals surface area contributed by atoms with Crippen LogP contribution in [0.4, 0.5) is 0 Å². The Morgan fingerprint density at radius 3 is 2.30 bits per heavy atom. The Morgan fingerprint density at radius 1 is 1.00 bits per heavy atom. The van der Waals surface area contributed by atoms with Crippen molar-refractivity contribution in [1.29, 1.82) is 0 Å². The maximum absolute atomic E-state index is 3.65. The highest BCUT2D eigenvalue weighted by atomic mass is 79.9. The van der Waals surface area contributed by atoms with Gasteiger partial charge in [-0.25, -0.2) is 0 Å². The highest BCUT2D eigenvalue weighted by Gasteiger charge is 2.13. The van der Waals surface area contributed by atoms with E-state index in [-0.39, 0.29) is 0 Å². The molecule has 2 rings (SSSR count). The summed E-state index contributed by atoms with van der Waals surface area (Å²) in [4.78, 5) is 2.40. The number of aryl methyl sites for hydroxylation is 1. The Hall–Kier alpha value is -1.12. The summed E-state index contributed by atoms with van der Waals surface area (Å²) in [6.07, 6.45) is 0. The van der Waals surface area contributed by atoms with E-state index in [4.69, 9.17) is 0 Å². The monoisotopic (exact) mass is 331 g/mol. The summed E-state index contributed by atoms with van der Waals surface area (Å²) in [6.45, 7) is 4.24. The molecule has 0 saturated heterocycles. The van der Waals surface area contributed by atoms with Crippen LogP contribution in [0.15, 0.2) is 54.6 Å². The van der Waals surface area contributed by atoms with Gasteiger partial charge in [-0.3, -0.25) is 0 Å². The lowest BCUT2D eigenvalue weighted by Gasteiger charge is -2.23. The molecule has 2 aromatic carbocycles. The first-order chi connectivity index (χ1) is 9.70. The molecule has 0 N–H and O–H groups in total. The van der Waals surface area contributed by atoms with Crippen LogP contribution in [0.3, 0.4) is 0 Å². The Bertz CT molecular complexity index is 524. The third-order valence-corrected chi connectivity index (χ3v) is 4.47. The highest BCUT2D eigenvalue weighted by molar-refractivity contribution is 9.09. The van der Waals surface area contributed by atoms with E-state index in [1.807, 2.05) is 0 Å². The standard InChI is InChI=1S/C18H22BrN/c1-15-8-6-7-11-17(15)13-20(2)14-18(12-19)16-9-4-3-5-10-16/h3-11,18H,12-14H2,1-2H3. The molecule has 1 atom stereocenters. The van der Waals surface area contributed by atoms with Gasteiger partial charge in [-0.1, -0.05) is 70.5 Å². The minimum Gasteiger partial charge on any atom is -0.301 e. The first kappa shape index (κ1) is 15.3. The van der Waals surface area contributed by atoms with Gasteiger partial charge in [-0.05, 0) is 30.7 Å². The van der Waals surface area contributed by atoms with E-state index in [1.54, 1.807) is 0 Å². The summed E-state index contributed by atoms with van der Waals surface area (Å²) in [5.74, 6) is 0.533. The van der Waals surface area contributed by atoms with Crippen molar-refractivity contribution in [2.75, 3.05) is 18.9 Å². The minimum atomic E-state index is 0.533. The average molecular weight is 332 g/mol. The van der Waals surface area contributed by atoms with Gasteiger partial charge in [-0.2, -0.15) is 0 Å². The summed E-state index contributed by atoms with van der Waals surface area (Å²) >= 11 is 3.65. The van der Waals surface area contributed by atoms with Crippen molar-refractivity contribution in [2.45, 2.75) is 19.4 Å². The summed E-state index contributed by atoms with van der Waals surface area (Å²) in [6, 6.07) is 19.4. The van der Waals surface area contributed by atoms with Gasteiger partial charge in [0.25, 0.3) is 0 Å². The zero-order chi connectivity index (χ0) is 14.4. The van der Waals surface area contributed by atoms with Crippen molar-refractivity contribution in [3.8, 4) is 0 Å². The van der Waals surface area contributed by atoms with Gasteiger partial charge in [-0.15, -0.1) is 0 Å². The Morgan fingerprint density at radius 2 is 1.65 bits per heavy atom. The highest BCUT2D eigenvalue weighted by Crippen LogP contribution is 2.20. The molecule has 0 aromatic heterocycles. The van der Waals surface area contributed by atoms with E-state index in [9.17, 15) is 0 Å². The van der Waals surface area contributed by atoms with E-state index < -0.39 is 0 Å². The van der Waals surface area contributed by atoms with Crippen LogP contribution in [0.25, 0.3) is 0 Å². The van der Waals surface area contributed by atoms with E-state index in [1.165, 1.54) is 16.7 Å². The molecule has 20 heavy (non-hydrogen) atoms. The largest absolute Gasteiger partial charge is 0.301 e. The molecule has 0 aliphatic rings. The predicted octanol–water partition coefficient (Wildman–Crippen LogP) is 4.61. The molecule has 106 valence electrons. The Kier molecular flexibility index (Phi) is 5.81. The summed E-state index contributed by atoms with van der Waals surface area (Å²) < 4.78 is 0. The van der Waals surface area contributed by atoms with Gasteiger partial charge < -0.3 is 4.90 Å². The maximum Gasteiger partial charge on any atom is 0.0233 e. The lowest BCUT2D eigenvalue weighted by atomic mass is 10.0. The fourth-order valence-corrected chi connectivity index (χ4v) is 3.07. The molecule has 0 aliphatic carbocycles. The fraction of sp³-hybridized carbons (Fsp3) is 0.333. The second-order valence-corrected chi connectivity index (χ2v) is 6.03. The van der Waals surface area contributed by atoms with Crippen LogP contribution in [0, 0.1) is 6.92 Å². The number of hydrogen-bond acceptors (Lipinski definition) is 1. The van der Waals surface area contributed by atoms with Crippen LogP contribution < -0.4 is 0 Å². The molecule has 0 bridgehead atoms. The smallest absolute Gasteiger partial charge is 0.0233 e. The molecule has 0 aliphatic heterocycles. The number of rotatable bonds is 6. The Labute approximate surface area is 130 Å². The van der Waals surface area contributed by atoms with Crippen LogP contribution in [0.1, 0.15) is 22.6 Å². The molecule has 0 amide bonds. The van der Waals surface area contributed by atoms with Gasteiger partial charge >= 0.3 is 0 Å². The number of halogens is 1. The van der Waals surface area contributed by atoms with Crippen LogP contribution >= 0.6 is 15.9 Å². The average Bonchev–Trinajstić information content (AvgIpc) is 2.48. The van der Waals surface area contributed by atoms with E-state index in [0.29, 0.717) is 5.92 Å². The molecule has 0 spiro atoms. The van der Waals surface area contributed by atoms with Gasteiger partial charge in [0.05, 0.1) is 0 Å². The predicted molar refractivity (Wildman–Crippen MR) is 90.5 cm³/mol. The van der Waals surface area contributed by atoms with Gasteiger partial charge in [0.2, 0.25) is 0 Å². The van der Waals surface area contributed by atoms with E-state index >= 15 is 0 Å². The van der Waals surface area contributed by atoms with Crippen molar-refractivity contribution in [3.63, 3.8) is 0 Å². The van der Waals surface area contributed by atoms with Crippen LogP contribution in [-0.4, -0.2) is 23.8 Å². The van der Waals surface area contributed by atoms with E-state index in [2.05, 4.69) is 89.4 Å². The zero-order valence-corrected chi connectivity index (χ0v) is 13.8. The number of likely N-dealkylation sites (N-methyl/N-ethyl adjacent to an activating group) is 1. The van der Waals surface area contributed by atoms with Crippen molar-refractivity contribution < 1.29 is 0 Å². The number of alkyl halides is 1. The first-order valence-corrected chi connectivity index (χ1v) is 8.17. The third-order valence-electron chi connectivity index (χ3n) is 3.69. The first-order valence-electron chi connectivity index (χ1n) is 7.04. The summed E-state index contributed by atoms with van der Waals surface area (Å²) in [5, 5.41) is 0.995. The summed E-state index contributed by atoms with van der Waals surface area (Å²) in [5.41, 5.74) is 4.19. The molecule has 0 fully saturated rings. The maximum atomic E-state index is 3.65. The van der Waals surface area contributed by atoms with Gasteiger partial charge in [0.1, 0.15) is 0 Å². The molecule has 1 nitrogen and oxygen atoms in total. The van der Waals surface area contributed by atoms with Crippen molar-refractivity contribution in [3.05, 3.63) is 71.3 Å². The lowest BCUT2D eigenvalue weighted by Crippen LogP contribution is -2.25. The van der Waals surface area contributed by atoms with Gasteiger partial charge in [0.15, 0.2) is 0 Å². The zero-order valence-electron chi connectivity index (χ0n) is 12.2. The van der Waals surface area contributed by atoms with Crippen molar-refractivity contribution in [1.82, 2.24) is 4.90 Å². The second-order valence-electron chi connectivity index (χ2n) is 5.39. The molecule has 1 unspecified atom stereocenters. The Balaban J connectivity index is 2.00. The normalized spacial score (nSPS) is 12.6. The molecular weight excluding hydrogens is 310 g/mol. The fourth-order valence-electron chi connectivity index (χ4n) is 2.49. The summed E-state index contributed by atoms with van der Waals surface area (Å²) in [7, 11) is 2.20.